The number of alkyl carbamates (subject to hydrolysis) is 1. The normalized spacial score (nSPS) is 14.2. The minimum Gasteiger partial charge on any atom is -0.489 e. The van der Waals surface area contributed by atoms with Crippen LogP contribution in [0.3, 0.4) is 0 Å². The number of hydrogen-bond donors (Lipinski definition) is 3. The van der Waals surface area contributed by atoms with E-state index < -0.39 is 24.1 Å². The van der Waals surface area contributed by atoms with Crippen molar-refractivity contribution in [3.63, 3.8) is 0 Å². The lowest BCUT2D eigenvalue weighted by atomic mass is 9.77. The molecule has 268 valence electrons. The summed E-state index contributed by atoms with van der Waals surface area (Å²) in [6.07, 6.45) is 5.90. The number of aromatic nitrogens is 2. The number of imidazole rings is 1. The predicted octanol–water partition coefficient (Wildman–Crippen LogP) is 6.55. The zero-order valence-corrected chi connectivity index (χ0v) is 29.3. The molecule has 0 bridgehead atoms. The van der Waals surface area contributed by atoms with Gasteiger partial charge in [-0.2, -0.15) is 0 Å². The number of likely N-dealkylation sites (N-methyl/N-ethyl adjacent to an activating group) is 1. The molecule has 3 unspecified atom stereocenters. The molecule has 1 aliphatic rings. The van der Waals surface area contributed by atoms with Crippen molar-refractivity contribution in [3.05, 3.63) is 156 Å². The Kier molecular flexibility index (Phi) is 12.3. The average molecular weight is 700 g/mol. The maximum absolute atomic E-state index is 14.4. The first-order chi connectivity index (χ1) is 25.4. The van der Waals surface area contributed by atoms with Crippen LogP contribution >= 0.6 is 0 Å². The number of ether oxygens (including phenoxy) is 2. The zero-order chi connectivity index (χ0) is 36.1. The highest BCUT2D eigenvalue weighted by molar-refractivity contribution is 5.91. The highest BCUT2D eigenvalue weighted by Crippen LogP contribution is 2.38. The van der Waals surface area contributed by atoms with Gasteiger partial charge in [-0.05, 0) is 53.1 Å². The number of aromatic amines is 1. The molecule has 10 nitrogen and oxygen atoms in total. The van der Waals surface area contributed by atoms with Crippen molar-refractivity contribution in [1.29, 1.82) is 0 Å². The molecule has 1 aromatic heterocycles. The molecule has 10 heteroatoms. The third-order valence-electron chi connectivity index (χ3n) is 9.58. The molecule has 1 fully saturated rings. The third kappa shape index (κ3) is 9.87. The van der Waals surface area contributed by atoms with Gasteiger partial charge in [-0.25, -0.2) is 9.78 Å². The molecule has 3 N–H and O–H groups in total. The minimum absolute atomic E-state index is 0.0472. The van der Waals surface area contributed by atoms with Gasteiger partial charge in [-0.15, -0.1) is 0 Å². The van der Waals surface area contributed by atoms with Gasteiger partial charge in [0.2, 0.25) is 11.8 Å². The molecule has 0 radical (unpaired) electrons. The van der Waals surface area contributed by atoms with E-state index in [9.17, 15) is 14.4 Å². The summed E-state index contributed by atoms with van der Waals surface area (Å²) in [6.45, 7) is 0.481. The van der Waals surface area contributed by atoms with Crippen LogP contribution in [0.25, 0.3) is 0 Å². The Labute approximate surface area is 304 Å². The molecular weight excluding hydrogens is 654 g/mol. The van der Waals surface area contributed by atoms with Crippen molar-refractivity contribution in [2.75, 3.05) is 7.05 Å². The predicted molar refractivity (Wildman–Crippen MR) is 198 cm³/mol. The van der Waals surface area contributed by atoms with Gasteiger partial charge in [0, 0.05) is 31.8 Å². The quantitative estimate of drug-likeness (QED) is 0.107. The second-order valence-corrected chi connectivity index (χ2v) is 13.2. The minimum atomic E-state index is -1.03. The van der Waals surface area contributed by atoms with Crippen LogP contribution < -0.4 is 15.4 Å². The third-order valence-corrected chi connectivity index (χ3v) is 9.58. The van der Waals surface area contributed by atoms with E-state index >= 15 is 0 Å². The van der Waals surface area contributed by atoms with E-state index in [-0.39, 0.29) is 31.4 Å². The van der Waals surface area contributed by atoms with Gasteiger partial charge in [-0.3, -0.25) is 9.59 Å². The van der Waals surface area contributed by atoms with E-state index in [0.717, 1.165) is 41.5 Å². The fourth-order valence-corrected chi connectivity index (χ4v) is 6.37. The van der Waals surface area contributed by atoms with Gasteiger partial charge >= 0.3 is 6.09 Å². The molecule has 0 aliphatic heterocycles. The summed E-state index contributed by atoms with van der Waals surface area (Å²) in [7, 11) is 1.61. The van der Waals surface area contributed by atoms with Crippen molar-refractivity contribution < 1.29 is 23.9 Å². The second-order valence-electron chi connectivity index (χ2n) is 13.2. The van der Waals surface area contributed by atoms with Crippen LogP contribution in [0, 0.1) is 5.92 Å². The van der Waals surface area contributed by atoms with Crippen LogP contribution in [0.4, 0.5) is 4.79 Å². The van der Waals surface area contributed by atoms with Crippen LogP contribution in [-0.2, 0) is 40.4 Å². The van der Waals surface area contributed by atoms with E-state index in [2.05, 4.69) is 20.6 Å². The van der Waals surface area contributed by atoms with Gasteiger partial charge in [0.25, 0.3) is 0 Å². The number of rotatable bonds is 16. The van der Waals surface area contributed by atoms with E-state index in [4.69, 9.17) is 9.47 Å². The lowest BCUT2D eigenvalue weighted by Gasteiger charge is -2.37. The van der Waals surface area contributed by atoms with Gasteiger partial charge in [0.05, 0.1) is 12.4 Å². The maximum atomic E-state index is 14.4. The van der Waals surface area contributed by atoms with Crippen LogP contribution in [0.2, 0.25) is 0 Å². The SMILES string of the molecule is CN(C(=O)C(Cc1cnc[nH]1)NC(=O)OCc1ccccc1)C(Cc1ccc(OCc2ccccc2)cc1)C(=O)NC(c1ccccc1)C1CCC1. The molecule has 3 amide bonds. The first kappa shape index (κ1) is 35.9. The zero-order valence-electron chi connectivity index (χ0n) is 29.3. The highest BCUT2D eigenvalue weighted by Gasteiger charge is 2.36. The summed E-state index contributed by atoms with van der Waals surface area (Å²) in [4.78, 5) is 50.4. The van der Waals surface area contributed by atoms with Gasteiger partial charge in [0.1, 0.15) is 31.0 Å². The topological polar surface area (TPSA) is 126 Å². The Morgan fingerprint density at radius 2 is 1.42 bits per heavy atom. The fraction of sp³-hybridized carbons (Fsp3) is 0.286. The Morgan fingerprint density at radius 3 is 2.02 bits per heavy atom. The standard InChI is InChI=1S/C42H45N5O5/c1-47(41(49)37(25-35-26-43-29-44-35)45-42(50)52-28-32-14-7-3-8-15-32)38(40(48)46-39(34-18-11-19-34)33-16-9-4-10-17-33)24-30-20-22-36(23-21-30)51-27-31-12-5-2-6-13-31/h2-10,12-17,20-23,26,29,34,37-39H,11,18-19,24-25,27-28H2,1H3,(H,43,44)(H,45,50)(H,46,48). The van der Waals surface area contributed by atoms with E-state index in [1.54, 1.807) is 13.2 Å². The van der Waals surface area contributed by atoms with Crippen LogP contribution in [-0.4, -0.2) is 51.9 Å². The molecule has 3 atom stereocenters. The molecule has 0 saturated heterocycles. The van der Waals surface area contributed by atoms with Crippen molar-refractivity contribution >= 4 is 17.9 Å². The van der Waals surface area contributed by atoms with Crippen molar-refractivity contribution in [2.24, 2.45) is 5.92 Å². The monoisotopic (exact) mass is 699 g/mol. The Balaban J connectivity index is 1.22. The van der Waals surface area contributed by atoms with Gasteiger partial charge < -0.3 is 30.0 Å². The van der Waals surface area contributed by atoms with E-state index in [1.807, 2.05) is 115 Å². The van der Waals surface area contributed by atoms with Crippen LogP contribution in [0.5, 0.6) is 5.75 Å². The molecule has 52 heavy (non-hydrogen) atoms. The summed E-state index contributed by atoms with van der Waals surface area (Å²) < 4.78 is 11.5. The van der Waals surface area contributed by atoms with E-state index in [1.165, 1.54) is 11.2 Å². The molecule has 1 saturated carbocycles. The second kappa shape index (κ2) is 17.8. The molecule has 6 rings (SSSR count). The lowest BCUT2D eigenvalue weighted by Crippen LogP contribution is -2.56. The number of hydrogen-bond acceptors (Lipinski definition) is 6. The number of nitrogens with zero attached hydrogens (tertiary/aromatic N) is 2. The molecular formula is C42H45N5O5. The Bertz CT molecular complexity index is 1850. The van der Waals surface area contributed by atoms with Crippen LogP contribution in [0.1, 0.15) is 53.3 Å². The summed E-state index contributed by atoms with van der Waals surface area (Å²) in [5.74, 6) is 0.301. The summed E-state index contributed by atoms with van der Waals surface area (Å²) >= 11 is 0. The maximum Gasteiger partial charge on any atom is 0.408 e. The lowest BCUT2D eigenvalue weighted by molar-refractivity contribution is -0.141. The van der Waals surface area contributed by atoms with Crippen molar-refractivity contribution in [2.45, 2.75) is 63.4 Å². The van der Waals surface area contributed by atoms with Crippen molar-refractivity contribution in [1.82, 2.24) is 25.5 Å². The summed E-state index contributed by atoms with van der Waals surface area (Å²) in [5, 5.41) is 6.07. The summed E-state index contributed by atoms with van der Waals surface area (Å²) in [5.41, 5.74) is 4.42. The molecule has 4 aromatic carbocycles. The molecule has 1 heterocycles. The number of benzene rings is 4. The Morgan fingerprint density at radius 1 is 0.788 bits per heavy atom. The van der Waals surface area contributed by atoms with Gasteiger partial charge in [-0.1, -0.05) is 110 Å². The number of nitrogens with one attached hydrogen (secondary N) is 3. The first-order valence-corrected chi connectivity index (χ1v) is 17.7. The molecule has 0 spiro atoms. The smallest absolute Gasteiger partial charge is 0.408 e. The number of amides is 3. The van der Waals surface area contributed by atoms with Crippen molar-refractivity contribution in [3.8, 4) is 5.75 Å². The van der Waals surface area contributed by atoms with E-state index in [0.29, 0.717) is 24.0 Å². The fourth-order valence-electron chi connectivity index (χ4n) is 6.37. The first-order valence-electron chi connectivity index (χ1n) is 17.7. The van der Waals surface area contributed by atoms with Gasteiger partial charge in [0.15, 0.2) is 0 Å². The number of H-pyrrole nitrogens is 1. The van der Waals surface area contributed by atoms with Crippen LogP contribution in [0.15, 0.2) is 128 Å². The number of carbonyl (C=O) groups is 3. The Hall–Kier alpha value is -5.90. The number of carbonyl (C=O) groups excluding carboxylic acids is 3. The molecule has 1 aliphatic carbocycles. The largest absolute Gasteiger partial charge is 0.489 e. The average Bonchev–Trinajstić information content (AvgIpc) is 3.68. The summed E-state index contributed by atoms with van der Waals surface area (Å²) in [6, 6.07) is 34.7. The highest BCUT2D eigenvalue weighted by atomic mass is 16.5. The molecule has 5 aromatic rings.